The van der Waals surface area contributed by atoms with Crippen molar-refractivity contribution in [2.24, 2.45) is 0 Å². The first-order valence-corrected chi connectivity index (χ1v) is 5.99. The van der Waals surface area contributed by atoms with E-state index < -0.39 is 0 Å². The lowest BCUT2D eigenvalue weighted by Gasteiger charge is -2.10. The lowest BCUT2D eigenvalue weighted by Crippen LogP contribution is -1.98. The van der Waals surface area contributed by atoms with E-state index in [1.807, 2.05) is 43.3 Å². The second-order valence-corrected chi connectivity index (χ2v) is 4.22. The Labute approximate surface area is 113 Å². The van der Waals surface area contributed by atoms with Crippen LogP contribution in [0.3, 0.4) is 0 Å². The zero-order chi connectivity index (χ0) is 13.7. The topological polar surface area (TPSA) is 42.2 Å². The van der Waals surface area contributed by atoms with Crippen LogP contribution in [0.5, 0.6) is 11.5 Å². The maximum absolute atomic E-state index is 8.82. The largest absolute Gasteiger partial charge is 0.497 e. The van der Waals surface area contributed by atoms with Gasteiger partial charge in [0.25, 0.3) is 0 Å². The Morgan fingerprint density at radius 2 is 1.89 bits per heavy atom. The van der Waals surface area contributed by atoms with Gasteiger partial charge in [0.2, 0.25) is 0 Å². The predicted molar refractivity (Wildman–Crippen MR) is 73.2 cm³/mol. The molecule has 3 heteroatoms. The molecule has 2 aromatic carbocycles. The molecule has 0 heterocycles. The van der Waals surface area contributed by atoms with Gasteiger partial charge in [0, 0.05) is 6.07 Å². The second kappa shape index (κ2) is 5.92. The van der Waals surface area contributed by atoms with Crippen molar-refractivity contribution in [1.29, 1.82) is 5.26 Å². The van der Waals surface area contributed by atoms with Crippen LogP contribution < -0.4 is 9.47 Å². The van der Waals surface area contributed by atoms with Gasteiger partial charge in [0.1, 0.15) is 18.1 Å². The summed E-state index contributed by atoms with van der Waals surface area (Å²) in [5.74, 6) is 1.54. The number of nitriles is 1. The van der Waals surface area contributed by atoms with E-state index in [0.29, 0.717) is 12.2 Å². The third-order valence-electron chi connectivity index (χ3n) is 2.91. The van der Waals surface area contributed by atoms with Crippen LogP contribution in [-0.2, 0) is 6.61 Å². The fraction of sp³-hybridized carbons (Fsp3) is 0.188. The molecule has 0 aliphatic carbocycles. The Morgan fingerprint density at radius 3 is 2.58 bits per heavy atom. The quantitative estimate of drug-likeness (QED) is 0.838. The van der Waals surface area contributed by atoms with Gasteiger partial charge in [-0.3, -0.25) is 0 Å². The summed E-state index contributed by atoms with van der Waals surface area (Å²) in [5.41, 5.74) is 2.80. The molecule has 0 saturated heterocycles. The van der Waals surface area contributed by atoms with Crippen LogP contribution in [0.15, 0.2) is 42.5 Å². The Balaban J connectivity index is 2.08. The van der Waals surface area contributed by atoms with Gasteiger partial charge in [-0.05, 0) is 42.3 Å². The van der Waals surface area contributed by atoms with Crippen LogP contribution in [0.25, 0.3) is 0 Å². The molecule has 0 spiro atoms. The van der Waals surface area contributed by atoms with Crippen LogP contribution >= 0.6 is 0 Å². The van der Waals surface area contributed by atoms with Crippen LogP contribution in [0.4, 0.5) is 0 Å². The molecule has 3 nitrogen and oxygen atoms in total. The van der Waals surface area contributed by atoms with Gasteiger partial charge in [0.15, 0.2) is 0 Å². The van der Waals surface area contributed by atoms with Crippen molar-refractivity contribution in [1.82, 2.24) is 0 Å². The highest BCUT2D eigenvalue weighted by atomic mass is 16.5. The van der Waals surface area contributed by atoms with Crippen molar-refractivity contribution in [3.63, 3.8) is 0 Å². The van der Waals surface area contributed by atoms with E-state index in [9.17, 15) is 0 Å². The standard InChI is InChI=1S/C16H15NO2/c1-12-8-13(10-17)6-7-14(12)11-19-16-5-3-4-15(9-16)18-2/h3-9H,11H2,1-2H3. The summed E-state index contributed by atoms with van der Waals surface area (Å²) in [5, 5.41) is 8.82. The molecule has 0 aliphatic heterocycles. The van der Waals surface area contributed by atoms with Gasteiger partial charge < -0.3 is 9.47 Å². The molecule has 0 fully saturated rings. The number of aryl methyl sites for hydroxylation is 1. The molecule has 0 radical (unpaired) electrons. The summed E-state index contributed by atoms with van der Waals surface area (Å²) in [6.07, 6.45) is 0. The average Bonchev–Trinajstić information content (AvgIpc) is 2.46. The Hall–Kier alpha value is -2.47. The normalized spacial score (nSPS) is 9.74. The van der Waals surface area contributed by atoms with E-state index in [4.69, 9.17) is 14.7 Å². The summed E-state index contributed by atoms with van der Waals surface area (Å²) < 4.78 is 10.9. The summed E-state index contributed by atoms with van der Waals surface area (Å²) in [6.45, 7) is 2.45. The molecule has 0 aliphatic rings. The zero-order valence-corrected chi connectivity index (χ0v) is 11.0. The van der Waals surface area contributed by atoms with Gasteiger partial charge in [-0.25, -0.2) is 0 Å². The third-order valence-corrected chi connectivity index (χ3v) is 2.91. The maximum Gasteiger partial charge on any atom is 0.123 e. The SMILES string of the molecule is COc1cccc(OCc2ccc(C#N)cc2C)c1. The van der Waals surface area contributed by atoms with Crippen molar-refractivity contribution < 1.29 is 9.47 Å². The van der Waals surface area contributed by atoms with Gasteiger partial charge in [-0.15, -0.1) is 0 Å². The molecule has 0 aromatic heterocycles. The van der Waals surface area contributed by atoms with Crippen molar-refractivity contribution in [2.75, 3.05) is 7.11 Å². The molecule has 0 atom stereocenters. The minimum Gasteiger partial charge on any atom is -0.497 e. The van der Waals surface area contributed by atoms with Crippen molar-refractivity contribution in [2.45, 2.75) is 13.5 Å². The zero-order valence-electron chi connectivity index (χ0n) is 11.0. The highest BCUT2D eigenvalue weighted by Gasteiger charge is 2.02. The fourth-order valence-corrected chi connectivity index (χ4v) is 1.78. The number of methoxy groups -OCH3 is 1. The Kier molecular flexibility index (Phi) is 4.04. The van der Waals surface area contributed by atoms with Gasteiger partial charge >= 0.3 is 0 Å². The summed E-state index contributed by atoms with van der Waals surface area (Å²) in [4.78, 5) is 0. The van der Waals surface area contributed by atoms with Crippen LogP contribution in [0.1, 0.15) is 16.7 Å². The van der Waals surface area contributed by atoms with Crippen LogP contribution in [-0.4, -0.2) is 7.11 Å². The molecule has 19 heavy (non-hydrogen) atoms. The first kappa shape index (κ1) is 13.0. The molecular weight excluding hydrogens is 238 g/mol. The molecule has 0 saturated carbocycles. The lowest BCUT2D eigenvalue weighted by atomic mass is 10.1. The highest BCUT2D eigenvalue weighted by Crippen LogP contribution is 2.20. The van der Waals surface area contributed by atoms with E-state index in [1.54, 1.807) is 13.2 Å². The minimum absolute atomic E-state index is 0.477. The van der Waals surface area contributed by atoms with E-state index in [-0.39, 0.29) is 0 Å². The first-order chi connectivity index (χ1) is 9.22. The molecule has 2 aromatic rings. The fourth-order valence-electron chi connectivity index (χ4n) is 1.78. The number of nitrogens with zero attached hydrogens (tertiary/aromatic N) is 1. The number of ether oxygens (including phenoxy) is 2. The Morgan fingerprint density at radius 1 is 1.11 bits per heavy atom. The second-order valence-electron chi connectivity index (χ2n) is 4.22. The monoisotopic (exact) mass is 253 g/mol. The average molecular weight is 253 g/mol. The maximum atomic E-state index is 8.82. The van der Waals surface area contributed by atoms with E-state index >= 15 is 0 Å². The number of hydrogen-bond donors (Lipinski definition) is 0. The highest BCUT2D eigenvalue weighted by molar-refractivity contribution is 5.38. The van der Waals surface area contributed by atoms with Crippen molar-refractivity contribution in [3.05, 3.63) is 59.2 Å². The predicted octanol–water partition coefficient (Wildman–Crippen LogP) is 3.45. The first-order valence-electron chi connectivity index (χ1n) is 5.99. The summed E-state index contributed by atoms with van der Waals surface area (Å²) in [7, 11) is 1.63. The van der Waals surface area contributed by atoms with Crippen LogP contribution in [0, 0.1) is 18.3 Å². The van der Waals surface area contributed by atoms with Gasteiger partial charge in [0.05, 0.1) is 18.7 Å². The number of hydrogen-bond acceptors (Lipinski definition) is 3. The van der Waals surface area contributed by atoms with E-state index in [2.05, 4.69) is 6.07 Å². The molecule has 96 valence electrons. The smallest absolute Gasteiger partial charge is 0.123 e. The molecule has 2 rings (SSSR count). The summed E-state index contributed by atoms with van der Waals surface area (Å²) in [6, 6.07) is 15.2. The molecule has 0 bridgehead atoms. The number of benzene rings is 2. The van der Waals surface area contributed by atoms with Gasteiger partial charge in [-0.1, -0.05) is 12.1 Å². The lowest BCUT2D eigenvalue weighted by molar-refractivity contribution is 0.303. The van der Waals surface area contributed by atoms with Crippen molar-refractivity contribution >= 4 is 0 Å². The third kappa shape index (κ3) is 3.26. The molecular formula is C16H15NO2. The van der Waals surface area contributed by atoms with Crippen molar-refractivity contribution in [3.8, 4) is 17.6 Å². The number of rotatable bonds is 4. The van der Waals surface area contributed by atoms with Gasteiger partial charge in [-0.2, -0.15) is 5.26 Å². The molecule has 0 unspecified atom stereocenters. The summed E-state index contributed by atoms with van der Waals surface area (Å²) >= 11 is 0. The Bertz CT molecular complexity index is 614. The van der Waals surface area contributed by atoms with Crippen LogP contribution in [0.2, 0.25) is 0 Å². The van der Waals surface area contributed by atoms with E-state index in [0.717, 1.165) is 22.6 Å². The molecule has 0 N–H and O–H groups in total. The molecule has 0 amide bonds. The van der Waals surface area contributed by atoms with E-state index in [1.165, 1.54) is 0 Å². The minimum atomic E-state index is 0.477.